The summed E-state index contributed by atoms with van der Waals surface area (Å²) in [6.45, 7) is 5.32. The molecule has 0 aromatic heterocycles. The van der Waals surface area contributed by atoms with Gasteiger partial charge >= 0.3 is 7.12 Å². The fraction of sp³-hybridized carbons (Fsp3) is 0.571. The summed E-state index contributed by atoms with van der Waals surface area (Å²) in [5, 5.41) is 18.7. The lowest BCUT2D eigenvalue weighted by Gasteiger charge is -2.32. The van der Waals surface area contributed by atoms with Crippen LogP contribution in [0.3, 0.4) is 0 Å². The Morgan fingerprint density at radius 3 is 2.83 bits per heavy atom. The van der Waals surface area contributed by atoms with Crippen molar-refractivity contribution in [2.45, 2.75) is 32.7 Å². The second-order valence-corrected chi connectivity index (χ2v) is 5.22. The van der Waals surface area contributed by atoms with Crippen LogP contribution in [0.2, 0.25) is 0 Å². The van der Waals surface area contributed by atoms with E-state index in [-0.39, 0.29) is 0 Å². The van der Waals surface area contributed by atoms with Crippen molar-refractivity contribution in [2.24, 2.45) is 5.92 Å². The zero-order valence-electron chi connectivity index (χ0n) is 11.0. The van der Waals surface area contributed by atoms with E-state index in [1.165, 1.54) is 19.3 Å². The van der Waals surface area contributed by atoms with Gasteiger partial charge in [0.25, 0.3) is 0 Å². The molecule has 1 saturated heterocycles. The van der Waals surface area contributed by atoms with Crippen LogP contribution in [0, 0.1) is 5.92 Å². The highest BCUT2D eigenvalue weighted by atomic mass is 16.4. The molecule has 1 aromatic carbocycles. The summed E-state index contributed by atoms with van der Waals surface area (Å²) in [6.07, 6.45) is 3.82. The minimum atomic E-state index is -1.37. The van der Waals surface area contributed by atoms with Gasteiger partial charge < -0.3 is 10.0 Å². The first-order valence-electron chi connectivity index (χ1n) is 6.87. The number of likely N-dealkylation sites (tertiary alicyclic amines) is 1. The first kappa shape index (κ1) is 13.6. The van der Waals surface area contributed by atoms with Crippen molar-refractivity contribution in [1.29, 1.82) is 0 Å². The van der Waals surface area contributed by atoms with Crippen LogP contribution >= 0.6 is 0 Å². The Hall–Kier alpha value is -0.835. The minimum Gasteiger partial charge on any atom is -0.423 e. The van der Waals surface area contributed by atoms with Crippen molar-refractivity contribution in [1.82, 2.24) is 4.90 Å². The molecule has 18 heavy (non-hydrogen) atoms. The fourth-order valence-electron chi connectivity index (χ4n) is 2.80. The van der Waals surface area contributed by atoms with Gasteiger partial charge in [0, 0.05) is 13.1 Å². The molecular formula is C14H22BNO2. The SMILES string of the molecule is CCC1CCCN(Cc2ccccc2B(O)O)C1. The topological polar surface area (TPSA) is 43.7 Å². The van der Waals surface area contributed by atoms with Gasteiger partial charge in [-0.2, -0.15) is 0 Å². The van der Waals surface area contributed by atoms with Gasteiger partial charge in [0.05, 0.1) is 0 Å². The second kappa shape index (κ2) is 6.37. The lowest BCUT2D eigenvalue weighted by molar-refractivity contribution is 0.165. The Labute approximate surface area is 110 Å². The van der Waals surface area contributed by atoms with Crippen LogP contribution < -0.4 is 5.46 Å². The average Bonchev–Trinajstić information content (AvgIpc) is 2.39. The smallest absolute Gasteiger partial charge is 0.423 e. The van der Waals surface area contributed by atoms with Gasteiger partial charge in [-0.3, -0.25) is 4.90 Å². The fourth-order valence-corrected chi connectivity index (χ4v) is 2.80. The molecule has 1 aliphatic heterocycles. The Balaban J connectivity index is 2.04. The van der Waals surface area contributed by atoms with Crippen LogP contribution in [-0.4, -0.2) is 35.2 Å². The van der Waals surface area contributed by atoms with Gasteiger partial charge in [-0.05, 0) is 36.3 Å². The minimum absolute atomic E-state index is 0.635. The van der Waals surface area contributed by atoms with Crippen LogP contribution in [0.25, 0.3) is 0 Å². The van der Waals surface area contributed by atoms with Crippen molar-refractivity contribution in [3.05, 3.63) is 29.8 Å². The molecule has 2 rings (SSSR count). The van der Waals surface area contributed by atoms with E-state index < -0.39 is 7.12 Å². The molecule has 0 aliphatic carbocycles. The van der Waals surface area contributed by atoms with E-state index in [2.05, 4.69) is 11.8 Å². The summed E-state index contributed by atoms with van der Waals surface area (Å²) in [7, 11) is -1.37. The quantitative estimate of drug-likeness (QED) is 0.780. The van der Waals surface area contributed by atoms with E-state index >= 15 is 0 Å². The number of piperidine rings is 1. The molecule has 1 heterocycles. The summed E-state index contributed by atoms with van der Waals surface area (Å²) < 4.78 is 0. The Morgan fingerprint density at radius 2 is 2.11 bits per heavy atom. The molecule has 98 valence electrons. The van der Waals surface area contributed by atoms with E-state index in [9.17, 15) is 10.0 Å². The Kier molecular flexibility index (Phi) is 4.81. The van der Waals surface area contributed by atoms with Crippen molar-refractivity contribution >= 4 is 12.6 Å². The molecule has 1 aromatic rings. The summed E-state index contributed by atoms with van der Waals surface area (Å²) >= 11 is 0. The van der Waals surface area contributed by atoms with Gasteiger partial charge in [-0.25, -0.2) is 0 Å². The number of rotatable bonds is 4. The molecule has 0 amide bonds. The van der Waals surface area contributed by atoms with Crippen molar-refractivity contribution in [2.75, 3.05) is 13.1 Å². The molecule has 1 fully saturated rings. The summed E-state index contributed by atoms with van der Waals surface area (Å²) in [5.41, 5.74) is 1.67. The monoisotopic (exact) mass is 247 g/mol. The van der Waals surface area contributed by atoms with E-state index in [0.29, 0.717) is 5.46 Å². The third kappa shape index (κ3) is 3.34. The first-order chi connectivity index (χ1) is 8.70. The van der Waals surface area contributed by atoms with E-state index in [0.717, 1.165) is 31.1 Å². The van der Waals surface area contributed by atoms with Gasteiger partial charge in [0.1, 0.15) is 0 Å². The van der Waals surface area contributed by atoms with E-state index in [4.69, 9.17) is 0 Å². The summed E-state index contributed by atoms with van der Waals surface area (Å²) in [6, 6.07) is 7.59. The van der Waals surface area contributed by atoms with Crippen molar-refractivity contribution in [3.63, 3.8) is 0 Å². The second-order valence-electron chi connectivity index (χ2n) is 5.22. The maximum absolute atomic E-state index is 9.37. The number of hydrogen-bond acceptors (Lipinski definition) is 3. The predicted octanol–water partition coefficient (Wildman–Crippen LogP) is 0.988. The van der Waals surface area contributed by atoms with Gasteiger partial charge in [-0.1, -0.05) is 37.6 Å². The van der Waals surface area contributed by atoms with Gasteiger partial charge in [-0.15, -0.1) is 0 Å². The molecule has 2 N–H and O–H groups in total. The maximum Gasteiger partial charge on any atom is 0.488 e. The molecule has 0 saturated carbocycles. The standard InChI is InChI=1S/C14H22BNO2/c1-2-12-6-5-9-16(10-12)11-13-7-3-4-8-14(13)15(17)18/h3-4,7-8,12,17-18H,2,5-6,9-11H2,1H3. The van der Waals surface area contributed by atoms with E-state index in [1.807, 2.05) is 18.2 Å². The lowest BCUT2D eigenvalue weighted by Crippen LogP contribution is -2.39. The van der Waals surface area contributed by atoms with Crippen LogP contribution in [0.1, 0.15) is 31.7 Å². The summed E-state index contributed by atoms with van der Waals surface area (Å²) in [4.78, 5) is 2.43. The normalized spacial score (nSPS) is 20.9. The molecule has 1 atom stereocenters. The van der Waals surface area contributed by atoms with Crippen LogP contribution in [0.5, 0.6) is 0 Å². The Bertz CT molecular complexity index is 384. The number of hydrogen-bond donors (Lipinski definition) is 2. The highest BCUT2D eigenvalue weighted by molar-refractivity contribution is 6.59. The third-order valence-corrected chi connectivity index (χ3v) is 3.91. The highest BCUT2D eigenvalue weighted by Crippen LogP contribution is 2.20. The molecule has 0 bridgehead atoms. The molecule has 4 heteroatoms. The highest BCUT2D eigenvalue weighted by Gasteiger charge is 2.21. The molecule has 1 unspecified atom stereocenters. The van der Waals surface area contributed by atoms with Crippen LogP contribution in [-0.2, 0) is 6.54 Å². The maximum atomic E-state index is 9.37. The number of nitrogens with zero attached hydrogens (tertiary/aromatic N) is 1. The third-order valence-electron chi connectivity index (χ3n) is 3.91. The zero-order valence-corrected chi connectivity index (χ0v) is 11.0. The molecule has 0 radical (unpaired) electrons. The van der Waals surface area contributed by atoms with E-state index in [1.54, 1.807) is 6.07 Å². The van der Waals surface area contributed by atoms with Crippen LogP contribution in [0.4, 0.5) is 0 Å². The number of benzene rings is 1. The molecule has 3 nitrogen and oxygen atoms in total. The van der Waals surface area contributed by atoms with Gasteiger partial charge in [0.2, 0.25) is 0 Å². The lowest BCUT2D eigenvalue weighted by atomic mass is 9.77. The largest absolute Gasteiger partial charge is 0.488 e. The Morgan fingerprint density at radius 1 is 1.33 bits per heavy atom. The van der Waals surface area contributed by atoms with Crippen molar-refractivity contribution in [3.8, 4) is 0 Å². The van der Waals surface area contributed by atoms with Gasteiger partial charge in [0.15, 0.2) is 0 Å². The molecule has 0 spiro atoms. The molecular weight excluding hydrogens is 225 g/mol. The predicted molar refractivity (Wildman–Crippen MR) is 74.6 cm³/mol. The van der Waals surface area contributed by atoms with Crippen LogP contribution in [0.15, 0.2) is 24.3 Å². The molecule has 1 aliphatic rings. The average molecular weight is 247 g/mol. The van der Waals surface area contributed by atoms with Crippen molar-refractivity contribution < 1.29 is 10.0 Å². The first-order valence-corrected chi connectivity index (χ1v) is 6.87. The summed E-state index contributed by atoms with van der Waals surface area (Å²) in [5.74, 6) is 0.796. The zero-order chi connectivity index (χ0) is 13.0.